The van der Waals surface area contributed by atoms with Crippen LogP contribution in [0.4, 0.5) is 4.79 Å². The summed E-state index contributed by atoms with van der Waals surface area (Å²) < 4.78 is 11.2. The molecule has 2 aromatic rings. The summed E-state index contributed by atoms with van der Waals surface area (Å²) in [6.45, 7) is 10.4. The second-order valence-corrected chi connectivity index (χ2v) is 10.9. The molecule has 194 valence electrons. The number of nitrogens with one attached hydrogen (secondary N) is 1. The molecule has 1 saturated heterocycles. The molecule has 1 aliphatic heterocycles. The molecule has 2 aromatic carbocycles. The van der Waals surface area contributed by atoms with Crippen LogP contribution in [0.3, 0.4) is 0 Å². The average Bonchev–Trinajstić information content (AvgIpc) is 3.15. The van der Waals surface area contributed by atoms with Gasteiger partial charge in [0, 0.05) is 51.1 Å². The Hall–Kier alpha value is -2.90. The van der Waals surface area contributed by atoms with E-state index in [2.05, 4.69) is 46.4 Å². The molecule has 1 N–H and O–H groups in total. The third-order valence-electron chi connectivity index (χ3n) is 6.86. The molecule has 0 aromatic heterocycles. The molecule has 1 aliphatic carbocycles. The highest BCUT2D eigenvalue weighted by atomic mass is 16.6. The molecule has 0 unspecified atom stereocenters. The lowest BCUT2D eigenvalue weighted by Crippen LogP contribution is -2.50. The van der Waals surface area contributed by atoms with Crippen molar-refractivity contribution in [1.29, 1.82) is 0 Å². The van der Waals surface area contributed by atoms with E-state index in [1.807, 2.05) is 45.0 Å². The predicted molar refractivity (Wildman–Crippen MR) is 141 cm³/mol. The number of alkyl carbamates (subject to hydrolysis) is 1. The molecule has 1 atom stereocenters. The van der Waals surface area contributed by atoms with Gasteiger partial charge in [-0.1, -0.05) is 48.5 Å². The number of likely N-dealkylation sites (N-methyl/N-ethyl adjacent to an activating group) is 1. The Morgan fingerprint density at radius 2 is 1.56 bits per heavy atom. The van der Waals surface area contributed by atoms with E-state index in [4.69, 9.17) is 9.47 Å². The first-order valence-electron chi connectivity index (χ1n) is 12.9. The van der Waals surface area contributed by atoms with Crippen LogP contribution in [0.15, 0.2) is 48.5 Å². The van der Waals surface area contributed by atoms with Gasteiger partial charge in [0.25, 0.3) is 0 Å². The summed E-state index contributed by atoms with van der Waals surface area (Å²) in [6, 6.07) is 16.4. The molecular formula is C29H39N3O4. The van der Waals surface area contributed by atoms with Crippen molar-refractivity contribution in [1.82, 2.24) is 15.1 Å². The van der Waals surface area contributed by atoms with Gasteiger partial charge in [0.1, 0.15) is 12.2 Å². The molecule has 36 heavy (non-hydrogen) atoms. The molecule has 0 spiro atoms. The summed E-state index contributed by atoms with van der Waals surface area (Å²) in [4.78, 5) is 29.9. The van der Waals surface area contributed by atoms with Crippen LogP contribution >= 0.6 is 0 Å². The van der Waals surface area contributed by atoms with Gasteiger partial charge in [0.15, 0.2) is 0 Å². The summed E-state index contributed by atoms with van der Waals surface area (Å²) in [5.41, 5.74) is 4.25. The van der Waals surface area contributed by atoms with E-state index in [0.717, 1.165) is 26.2 Å². The van der Waals surface area contributed by atoms with Crippen molar-refractivity contribution in [2.24, 2.45) is 0 Å². The van der Waals surface area contributed by atoms with E-state index < -0.39 is 11.7 Å². The maximum atomic E-state index is 12.9. The number of benzene rings is 2. The molecule has 0 bridgehead atoms. The van der Waals surface area contributed by atoms with Crippen LogP contribution in [-0.2, 0) is 14.3 Å². The van der Waals surface area contributed by atoms with Gasteiger partial charge in [-0.2, -0.15) is 0 Å². The summed E-state index contributed by atoms with van der Waals surface area (Å²) in [7, 11) is 2.12. The monoisotopic (exact) mass is 493 g/mol. The molecule has 7 nitrogen and oxygen atoms in total. The number of nitrogens with zero attached hydrogens (tertiary/aromatic N) is 2. The Kier molecular flexibility index (Phi) is 8.32. The van der Waals surface area contributed by atoms with E-state index in [1.54, 1.807) is 0 Å². The number of amides is 1. The van der Waals surface area contributed by atoms with E-state index in [0.29, 0.717) is 13.0 Å². The number of rotatable bonds is 8. The van der Waals surface area contributed by atoms with Crippen molar-refractivity contribution in [3.05, 3.63) is 59.7 Å². The smallest absolute Gasteiger partial charge is 0.407 e. The standard InChI is InChI=1S/C29H39N3O4/c1-29(2,3)36-27(33)14-13-21(19-32-17-15-31(4)16-18-32)30-28(34)35-20-26-24-11-7-5-9-22(24)23-10-6-8-12-25(23)26/h5-12,21,26H,13-20H2,1-4H3,(H,30,34)/t21-/m0/s1. The lowest BCUT2D eigenvalue weighted by atomic mass is 9.98. The van der Waals surface area contributed by atoms with Gasteiger partial charge in [-0.05, 0) is 56.5 Å². The van der Waals surface area contributed by atoms with Crippen molar-refractivity contribution in [3.8, 4) is 11.1 Å². The first-order valence-corrected chi connectivity index (χ1v) is 12.9. The Bertz CT molecular complexity index is 1010. The second kappa shape index (κ2) is 11.4. The van der Waals surface area contributed by atoms with E-state index >= 15 is 0 Å². The zero-order chi connectivity index (χ0) is 25.7. The number of carbonyl (C=O) groups is 2. The minimum atomic E-state index is -0.524. The highest BCUT2D eigenvalue weighted by molar-refractivity contribution is 5.79. The first kappa shape index (κ1) is 26.2. The Morgan fingerprint density at radius 3 is 2.14 bits per heavy atom. The Labute approximate surface area is 214 Å². The SMILES string of the molecule is CN1CCN(C[C@H](CCC(=O)OC(C)(C)C)NC(=O)OCC2c3ccccc3-c3ccccc32)CC1. The first-order chi connectivity index (χ1) is 17.2. The molecule has 1 fully saturated rings. The van der Waals surface area contributed by atoms with Gasteiger partial charge in [-0.15, -0.1) is 0 Å². The summed E-state index contributed by atoms with van der Waals surface area (Å²) >= 11 is 0. The molecule has 0 saturated carbocycles. The molecule has 7 heteroatoms. The molecular weight excluding hydrogens is 454 g/mol. The maximum Gasteiger partial charge on any atom is 0.407 e. The van der Waals surface area contributed by atoms with Crippen LogP contribution < -0.4 is 5.32 Å². The summed E-state index contributed by atoms with van der Waals surface area (Å²) in [6.07, 6.45) is 0.310. The second-order valence-electron chi connectivity index (χ2n) is 10.9. The predicted octanol–water partition coefficient (Wildman–Crippen LogP) is 4.26. The Morgan fingerprint density at radius 1 is 0.972 bits per heavy atom. The average molecular weight is 494 g/mol. The fraction of sp³-hybridized carbons (Fsp3) is 0.517. The number of piperazine rings is 1. The van der Waals surface area contributed by atoms with Crippen LogP contribution in [0, 0.1) is 0 Å². The van der Waals surface area contributed by atoms with Crippen molar-refractivity contribution in [2.45, 2.75) is 51.2 Å². The van der Waals surface area contributed by atoms with Gasteiger partial charge in [-0.3, -0.25) is 9.69 Å². The number of fused-ring (bicyclic) bond motifs is 3. The van der Waals surface area contributed by atoms with Crippen LogP contribution in [-0.4, -0.2) is 79.9 Å². The van der Waals surface area contributed by atoms with Gasteiger partial charge in [-0.25, -0.2) is 4.79 Å². The molecule has 1 amide bonds. The van der Waals surface area contributed by atoms with Crippen molar-refractivity contribution < 1.29 is 19.1 Å². The molecule has 4 rings (SSSR count). The highest BCUT2D eigenvalue weighted by Gasteiger charge is 2.29. The van der Waals surface area contributed by atoms with Crippen LogP contribution in [0.25, 0.3) is 11.1 Å². The minimum absolute atomic E-state index is 0.0148. The number of ether oxygens (including phenoxy) is 2. The zero-order valence-corrected chi connectivity index (χ0v) is 22.0. The quantitative estimate of drug-likeness (QED) is 0.554. The van der Waals surface area contributed by atoms with Gasteiger partial charge >= 0.3 is 12.1 Å². The number of hydrogen-bond acceptors (Lipinski definition) is 6. The van der Waals surface area contributed by atoms with Gasteiger partial charge < -0.3 is 19.7 Å². The van der Waals surface area contributed by atoms with Crippen molar-refractivity contribution in [2.75, 3.05) is 46.4 Å². The zero-order valence-electron chi connectivity index (χ0n) is 22.0. The van der Waals surface area contributed by atoms with Crippen LogP contribution in [0.5, 0.6) is 0 Å². The van der Waals surface area contributed by atoms with Crippen molar-refractivity contribution in [3.63, 3.8) is 0 Å². The van der Waals surface area contributed by atoms with E-state index in [-0.39, 0.29) is 31.0 Å². The third-order valence-corrected chi connectivity index (χ3v) is 6.86. The fourth-order valence-electron chi connectivity index (χ4n) is 5.04. The van der Waals surface area contributed by atoms with Crippen LogP contribution in [0.1, 0.15) is 50.7 Å². The van der Waals surface area contributed by atoms with E-state index in [1.165, 1.54) is 22.3 Å². The number of carbonyl (C=O) groups excluding carboxylic acids is 2. The summed E-state index contributed by atoms with van der Waals surface area (Å²) in [5, 5.41) is 3.04. The van der Waals surface area contributed by atoms with E-state index in [9.17, 15) is 9.59 Å². The van der Waals surface area contributed by atoms with Gasteiger partial charge in [0.05, 0.1) is 0 Å². The number of esters is 1. The van der Waals surface area contributed by atoms with Crippen molar-refractivity contribution >= 4 is 12.1 Å². The fourth-order valence-corrected chi connectivity index (χ4v) is 5.04. The normalized spacial score (nSPS) is 17.2. The number of hydrogen-bond donors (Lipinski definition) is 1. The van der Waals surface area contributed by atoms with Crippen LogP contribution in [0.2, 0.25) is 0 Å². The summed E-state index contributed by atoms with van der Waals surface area (Å²) in [5.74, 6) is -0.235. The van der Waals surface area contributed by atoms with Gasteiger partial charge in [0.2, 0.25) is 0 Å². The largest absolute Gasteiger partial charge is 0.460 e. The highest BCUT2D eigenvalue weighted by Crippen LogP contribution is 2.44. The minimum Gasteiger partial charge on any atom is -0.460 e. The molecule has 0 radical (unpaired) electrons. The lowest BCUT2D eigenvalue weighted by Gasteiger charge is -2.34. The molecule has 1 heterocycles. The lowest BCUT2D eigenvalue weighted by molar-refractivity contribution is -0.155. The maximum absolute atomic E-state index is 12.9. The third kappa shape index (κ3) is 6.86. The molecule has 2 aliphatic rings. The topological polar surface area (TPSA) is 71.1 Å². The Balaban J connectivity index is 1.37.